The van der Waals surface area contributed by atoms with Crippen molar-refractivity contribution in [3.8, 4) is 0 Å². The van der Waals surface area contributed by atoms with Crippen LogP contribution in [0.4, 0.5) is 0 Å². The van der Waals surface area contributed by atoms with Crippen molar-refractivity contribution < 1.29 is 4.74 Å². The SMILES string of the molecule is C(/C=C/c1ccccc1)=C\COCc1ccccc1. The molecule has 0 spiro atoms. The summed E-state index contributed by atoms with van der Waals surface area (Å²) >= 11 is 0. The van der Waals surface area contributed by atoms with Gasteiger partial charge in [0.05, 0.1) is 13.2 Å². The minimum Gasteiger partial charge on any atom is -0.373 e. The zero-order chi connectivity index (χ0) is 13.2. The fourth-order valence-electron chi connectivity index (χ4n) is 1.68. The lowest BCUT2D eigenvalue weighted by Crippen LogP contribution is -1.91. The molecule has 0 atom stereocenters. The molecule has 0 amide bonds. The van der Waals surface area contributed by atoms with E-state index in [0.717, 1.165) is 0 Å². The van der Waals surface area contributed by atoms with E-state index in [2.05, 4.69) is 30.3 Å². The maximum atomic E-state index is 5.55. The van der Waals surface area contributed by atoms with Gasteiger partial charge >= 0.3 is 0 Å². The van der Waals surface area contributed by atoms with Crippen LogP contribution in [0.5, 0.6) is 0 Å². The van der Waals surface area contributed by atoms with Gasteiger partial charge < -0.3 is 4.74 Å². The van der Waals surface area contributed by atoms with E-state index in [9.17, 15) is 0 Å². The van der Waals surface area contributed by atoms with Crippen LogP contribution >= 0.6 is 0 Å². The van der Waals surface area contributed by atoms with E-state index in [0.29, 0.717) is 13.2 Å². The molecule has 1 nitrogen and oxygen atoms in total. The topological polar surface area (TPSA) is 9.23 Å². The van der Waals surface area contributed by atoms with Crippen LogP contribution in [-0.2, 0) is 11.3 Å². The molecule has 2 rings (SSSR count). The van der Waals surface area contributed by atoms with Gasteiger partial charge in [-0.1, -0.05) is 85.0 Å². The molecular formula is C18H18O. The van der Waals surface area contributed by atoms with Gasteiger partial charge in [0, 0.05) is 0 Å². The van der Waals surface area contributed by atoms with Crippen LogP contribution in [0.25, 0.3) is 6.08 Å². The fraction of sp³-hybridized carbons (Fsp3) is 0.111. The highest BCUT2D eigenvalue weighted by atomic mass is 16.5. The number of rotatable bonds is 6. The summed E-state index contributed by atoms with van der Waals surface area (Å²) < 4.78 is 5.55. The molecular weight excluding hydrogens is 232 g/mol. The minimum absolute atomic E-state index is 0.633. The van der Waals surface area contributed by atoms with Gasteiger partial charge in [-0.25, -0.2) is 0 Å². The first-order chi connectivity index (χ1) is 9.45. The summed E-state index contributed by atoms with van der Waals surface area (Å²) in [6.07, 6.45) is 8.13. The van der Waals surface area contributed by atoms with Gasteiger partial charge in [-0.05, 0) is 11.1 Å². The third-order valence-corrected chi connectivity index (χ3v) is 2.66. The zero-order valence-corrected chi connectivity index (χ0v) is 10.9. The standard InChI is InChI=1S/C18H18O/c1-4-10-17(11-5-1)12-8-3-9-15-19-16-18-13-6-2-7-14-18/h1-14H,15-16H2/b9-3+,12-8+. The Balaban J connectivity index is 1.66. The highest BCUT2D eigenvalue weighted by molar-refractivity contribution is 5.50. The number of benzene rings is 2. The first-order valence-corrected chi connectivity index (χ1v) is 6.45. The van der Waals surface area contributed by atoms with Crippen molar-refractivity contribution in [1.29, 1.82) is 0 Å². The first kappa shape index (κ1) is 13.3. The van der Waals surface area contributed by atoms with Crippen LogP contribution in [0.15, 0.2) is 78.9 Å². The molecule has 0 aromatic heterocycles. The van der Waals surface area contributed by atoms with Crippen LogP contribution in [0, 0.1) is 0 Å². The quantitative estimate of drug-likeness (QED) is 0.543. The van der Waals surface area contributed by atoms with Crippen molar-refractivity contribution in [2.45, 2.75) is 6.61 Å². The Morgan fingerprint density at radius 1 is 0.789 bits per heavy atom. The maximum Gasteiger partial charge on any atom is 0.0721 e. The third-order valence-electron chi connectivity index (χ3n) is 2.66. The summed E-state index contributed by atoms with van der Waals surface area (Å²) in [7, 11) is 0. The van der Waals surface area contributed by atoms with E-state index in [-0.39, 0.29) is 0 Å². The van der Waals surface area contributed by atoms with Crippen LogP contribution < -0.4 is 0 Å². The Hall–Kier alpha value is -2.12. The number of allylic oxidation sites excluding steroid dienone is 2. The second-order valence-electron chi connectivity index (χ2n) is 4.20. The Morgan fingerprint density at radius 3 is 2.21 bits per heavy atom. The lowest BCUT2D eigenvalue weighted by molar-refractivity contribution is 0.148. The van der Waals surface area contributed by atoms with Crippen molar-refractivity contribution in [2.24, 2.45) is 0 Å². The first-order valence-electron chi connectivity index (χ1n) is 6.45. The van der Waals surface area contributed by atoms with Crippen molar-refractivity contribution in [3.63, 3.8) is 0 Å². The van der Waals surface area contributed by atoms with Crippen molar-refractivity contribution in [1.82, 2.24) is 0 Å². The molecule has 0 saturated carbocycles. The molecule has 96 valence electrons. The molecule has 2 aromatic carbocycles. The van der Waals surface area contributed by atoms with Gasteiger partial charge in [0.1, 0.15) is 0 Å². The van der Waals surface area contributed by atoms with E-state index in [1.165, 1.54) is 11.1 Å². The lowest BCUT2D eigenvalue weighted by atomic mass is 10.2. The number of hydrogen-bond acceptors (Lipinski definition) is 1. The van der Waals surface area contributed by atoms with E-state index in [1.807, 2.05) is 54.6 Å². The smallest absolute Gasteiger partial charge is 0.0721 e. The summed E-state index contributed by atoms with van der Waals surface area (Å²) in [5.74, 6) is 0. The second-order valence-corrected chi connectivity index (χ2v) is 4.20. The second kappa shape index (κ2) is 8.06. The molecule has 0 fully saturated rings. The van der Waals surface area contributed by atoms with E-state index in [1.54, 1.807) is 0 Å². The summed E-state index contributed by atoms with van der Waals surface area (Å²) in [6, 6.07) is 20.4. The van der Waals surface area contributed by atoms with Gasteiger partial charge in [-0.2, -0.15) is 0 Å². The molecule has 0 aliphatic heterocycles. The lowest BCUT2D eigenvalue weighted by Gasteiger charge is -2.00. The van der Waals surface area contributed by atoms with Crippen molar-refractivity contribution >= 4 is 6.08 Å². The van der Waals surface area contributed by atoms with E-state index >= 15 is 0 Å². The summed E-state index contributed by atoms with van der Waals surface area (Å²) in [5, 5.41) is 0. The molecule has 19 heavy (non-hydrogen) atoms. The molecule has 0 heterocycles. The maximum absolute atomic E-state index is 5.55. The molecule has 2 aromatic rings. The molecule has 0 aliphatic rings. The van der Waals surface area contributed by atoms with Crippen LogP contribution in [0.2, 0.25) is 0 Å². The van der Waals surface area contributed by atoms with E-state index in [4.69, 9.17) is 4.74 Å². The molecule has 0 radical (unpaired) electrons. The molecule has 0 saturated heterocycles. The summed E-state index contributed by atoms with van der Waals surface area (Å²) in [4.78, 5) is 0. The predicted octanol–water partition coefficient (Wildman–Crippen LogP) is 4.47. The Bertz CT molecular complexity index is 512. The normalized spacial score (nSPS) is 11.4. The molecule has 1 heteroatoms. The predicted molar refractivity (Wildman–Crippen MR) is 80.7 cm³/mol. The van der Waals surface area contributed by atoms with Crippen LogP contribution in [0.3, 0.4) is 0 Å². The average molecular weight is 250 g/mol. The van der Waals surface area contributed by atoms with Gasteiger partial charge in [0.2, 0.25) is 0 Å². The highest BCUT2D eigenvalue weighted by Crippen LogP contribution is 2.02. The van der Waals surface area contributed by atoms with Crippen LogP contribution in [0.1, 0.15) is 11.1 Å². The van der Waals surface area contributed by atoms with Gasteiger partial charge in [-0.3, -0.25) is 0 Å². The Morgan fingerprint density at radius 2 is 1.47 bits per heavy atom. The van der Waals surface area contributed by atoms with Crippen molar-refractivity contribution in [3.05, 3.63) is 90.0 Å². The van der Waals surface area contributed by atoms with E-state index < -0.39 is 0 Å². The Labute approximate surface area is 114 Å². The number of hydrogen-bond donors (Lipinski definition) is 0. The molecule has 0 aliphatic carbocycles. The zero-order valence-electron chi connectivity index (χ0n) is 10.9. The minimum atomic E-state index is 0.633. The summed E-state index contributed by atoms with van der Waals surface area (Å²) in [6.45, 7) is 1.29. The fourth-order valence-corrected chi connectivity index (χ4v) is 1.68. The van der Waals surface area contributed by atoms with Gasteiger partial charge in [0.25, 0.3) is 0 Å². The summed E-state index contributed by atoms with van der Waals surface area (Å²) in [5.41, 5.74) is 2.41. The van der Waals surface area contributed by atoms with Crippen molar-refractivity contribution in [2.75, 3.05) is 6.61 Å². The number of ether oxygens (including phenoxy) is 1. The molecule has 0 N–H and O–H groups in total. The molecule has 0 unspecified atom stereocenters. The molecule has 0 bridgehead atoms. The third kappa shape index (κ3) is 5.36. The largest absolute Gasteiger partial charge is 0.373 e. The van der Waals surface area contributed by atoms with Gasteiger partial charge in [0.15, 0.2) is 0 Å². The Kier molecular flexibility index (Phi) is 5.65. The monoisotopic (exact) mass is 250 g/mol. The highest BCUT2D eigenvalue weighted by Gasteiger charge is 1.88. The average Bonchev–Trinajstić information content (AvgIpc) is 2.48. The van der Waals surface area contributed by atoms with Crippen LogP contribution in [-0.4, -0.2) is 6.61 Å². The van der Waals surface area contributed by atoms with Gasteiger partial charge in [-0.15, -0.1) is 0 Å².